The molecule has 0 fully saturated rings. The Morgan fingerprint density at radius 2 is 1.74 bits per heavy atom. The number of carboxylic acids is 1. The van der Waals surface area contributed by atoms with Gasteiger partial charge in [0.25, 0.3) is 0 Å². The molecule has 4 rings (SSSR count). The number of ether oxygens (including phenoxy) is 1. The van der Waals surface area contributed by atoms with E-state index in [9.17, 15) is 4.79 Å². The Morgan fingerprint density at radius 1 is 1.03 bits per heavy atom. The molecule has 0 bridgehead atoms. The number of rotatable bonds is 11. The van der Waals surface area contributed by atoms with Gasteiger partial charge in [0.1, 0.15) is 18.0 Å². The number of nitrogens with one attached hydrogen (secondary N) is 1. The Labute approximate surface area is 233 Å². The highest BCUT2D eigenvalue weighted by Crippen LogP contribution is 2.32. The fourth-order valence-corrected chi connectivity index (χ4v) is 4.98. The quantitative estimate of drug-likeness (QED) is 0.204. The molecule has 0 saturated carbocycles. The van der Waals surface area contributed by atoms with Crippen LogP contribution in [-0.2, 0) is 26.1 Å². The van der Waals surface area contributed by atoms with Crippen molar-refractivity contribution in [3.63, 3.8) is 0 Å². The van der Waals surface area contributed by atoms with Gasteiger partial charge >= 0.3 is 5.97 Å². The first-order valence-corrected chi connectivity index (χ1v) is 13.3. The van der Waals surface area contributed by atoms with E-state index in [1.807, 2.05) is 54.1 Å². The summed E-state index contributed by atoms with van der Waals surface area (Å²) in [7, 11) is 0. The summed E-state index contributed by atoms with van der Waals surface area (Å²) in [6.45, 7) is 7.87. The molecule has 0 atom stereocenters. The molecule has 2 N–H and O–H groups in total. The van der Waals surface area contributed by atoms with E-state index in [-0.39, 0.29) is 5.56 Å². The largest absolute Gasteiger partial charge is 0.487 e. The highest BCUT2D eigenvalue weighted by molar-refractivity contribution is 6.37. The number of halogens is 2. The number of hydrogen-bond donors (Lipinski definition) is 2. The molecule has 0 saturated heterocycles. The van der Waals surface area contributed by atoms with Crippen LogP contribution in [0, 0.1) is 13.8 Å². The van der Waals surface area contributed by atoms with Gasteiger partial charge < -0.3 is 15.2 Å². The number of hydrogen-bond acceptors (Lipinski definition) is 4. The van der Waals surface area contributed by atoms with Crippen molar-refractivity contribution in [2.45, 2.75) is 53.3 Å². The number of nitrogens with zero attached hydrogens (tertiary/aromatic N) is 2. The number of para-hydroxylation sites is 1. The van der Waals surface area contributed by atoms with E-state index in [4.69, 9.17) is 38.1 Å². The van der Waals surface area contributed by atoms with Crippen molar-refractivity contribution in [1.29, 1.82) is 0 Å². The Balaban J connectivity index is 1.45. The molecule has 0 spiro atoms. The van der Waals surface area contributed by atoms with Gasteiger partial charge in [-0.05, 0) is 73.4 Å². The first-order valence-electron chi connectivity index (χ1n) is 12.6. The van der Waals surface area contributed by atoms with E-state index < -0.39 is 5.97 Å². The van der Waals surface area contributed by atoms with Crippen LogP contribution >= 0.6 is 23.2 Å². The maximum atomic E-state index is 11.0. The fraction of sp³-hybridized carbons (Fsp3) is 0.267. The van der Waals surface area contributed by atoms with Crippen LogP contribution < -0.4 is 10.1 Å². The van der Waals surface area contributed by atoms with Crippen molar-refractivity contribution >= 4 is 29.2 Å². The lowest BCUT2D eigenvalue weighted by Crippen LogP contribution is -2.14. The average Bonchev–Trinajstić information content (AvgIpc) is 3.19. The van der Waals surface area contributed by atoms with Gasteiger partial charge in [-0.15, -0.1) is 0 Å². The number of benzene rings is 3. The summed E-state index contributed by atoms with van der Waals surface area (Å²) in [6, 6.07) is 18.4. The monoisotopic (exact) mass is 551 g/mol. The molecule has 0 radical (unpaired) electrons. The zero-order chi connectivity index (χ0) is 27.2. The van der Waals surface area contributed by atoms with Gasteiger partial charge in [-0.25, -0.2) is 9.48 Å². The predicted octanol–water partition coefficient (Wildman–Crippen LogP) is 7.32. The minimum absolute atomic E-state index is 0.287. The standard InChI is InChI=1S/C30H31Cl2N3O3/c1-4-6-25-20(3)34-35(29-26(31)7-5-8-27(29)32)28(25)18-38-24-14-13-23(19(2)15-24)17-33-16-21-9-11-22(12-10-21)30(36)37/h5,7-15,33H,4,6,16-18H2,1-3H3,(H,36,37). The van der Waals surface area contributed by atoms with Crippen LogP contribution in [0.15, 0.2) is 60.7 Å². The van der Waals surface area contributed by atoms with Crippen molar-refractivity contribution in [2.24, 2.45) is 0 Å². The lowest BCUT2D eigenvalue weighted by molar-refractivity contribution is 0.0697. The van der Waals surface area contributed by atoms with E-state index in [0.717, 1.165) is 52.2 Å². The van der Waals surface area contributed by atoms with E-state index in [1.165, 1.54) is 0 Å². The number of aryl methyl sites for hydroxylation is 2. The molecule has 3 aromatic carbocycles. The third kappa shape index (κ3) is 6.38. The van der Waals surface area contributed by atoms with Gasteiger partial charge in [0.05, 0.1) is 27.0 Å². The zero-order valence-electron chi connectivity index (χ0n) is 21.7. The molecule has 0 aliphatic carbocycles. The summed E-state index contributed by atoms with van der Waals surface area (Å²) in [4.78, 5) is 11.0. The molecule has 8 heteroatoms. The maximum Gasteiger partial charge on any atom is 0.335 e. The number of carbonyl (C=O) groups is 1. The Hall–Kier alpha value is -3.32. The second-order valence-electron chi connectivity index (χ2n) is 9.23. The summed E-state index contributed by atoms with van der Waals surface area (Å²) in [5.41, 5.74) is 7.29. The van der Waals surface area contributed by atoms with Crippen LogP contribution in [-0.4, -0.2) is 20.9 Å². The Bertz CT molecular complexity index is 1410. The minimum Gasteiger partial charge on any atom is -0.487 e. The zero-order valence-corrected chi connectivity index (χ0v) is 23.2. The van der Waals surface area contributed by atoms with Gasteiger partial charge in [0, 0.05) is 18.7 Å². The normalized spacial score (nSPS) is 11.1. The Morgan fingerprint density at radius 3 is 2.37 bits per heavy atom. The summed E-state index contributed by atoms with van der Waals surface area (Å²) in [6.07, 6.45) is 1.87. The second kappa shape index (κ2) is 12.5. The number of aromatic nitrogens is 2. The first kappa shape index (κ1) is 27.7. The third-order valence-electron chi connectivity index (χ3n) is 6.48. The minimum atomic E-state index is -0.920. The maximum absolute atomic E-state index is 11.0. The van der Waals surface area contributed by atoms with Crippen molar-refractivity contribution in [3.8, 4) is 11.4 Å². The molecule has 4 aromatic rings. The lowest BCUT2D eigenvalue weighted by Gasteiger charge is -2.15. The molecule has 0 amide bonds. The van der Waals surface area contributed by atoms with E-state index >= 15 is 0 Å². The summed E-state index contributed by atoms with van der Waals surface area (Å²) >= 11 is 13.0. The van der Waals surface area contributed by atoms with Gasteiger partial charge in [0.15, 0.2) is 0 Å². The van der Waals surface area contributed by atoms with E-state index in [0.29, 0.717) is 35.4 Å². The van der Waals surface area contributed by atoms with Gasteiger partial charge in [-0.2, -0.15) is 5.10 Å². The molecule has 1 aromatic heterocycles. The predicted molar refractivity (Wildman–Crippen MR) is 152 cm³/mol. The Kier molecular flexibility index (Phi) is 9.10. The second-order valence-corrected chi connectivity index (χ2v) is 10.0. The summed E-state index contributed by atoms with van der Waals surface area (Å²) < 4.78 is 8.08. The van der Waals surface area contributed by atoms with Gasteiger partial charge in [-0.3, -0.25) is 0 Å². The van der Waals surface area contributed by atoms with Crippen molar-refractivity contribution in [1.82, 2.24) is 15.1 Å². The van der Waals surface area contributed by atoms with Crippen LogP contribution in [0.25, 0.3) is 5.69 Å². The lowest BCUT2D eigenvalue weighted by atomic mass is 10.1. The summed E-state index contributed by atoms with van der Waals surface area (Å²) in [5.74, 6) is -0.148. The number of aromatic carboxylic acids is 1. The highest BCUT2D eigenvalue weighted by atomic mass is 35.5. The molecule has 0 aliphatic rings. The van der Waals surface area contributed by atoms with Gasteiger partial charge in [0.2, 0.25) is 0 Å². The molecule has 38 heavy (non-hydrogen) atoms. The van der Waals surface area contributed by atoms with Crippen LogP contribution in [0.5, 0.6) is 5.75 Å². The van der Waals surface area contributed by atoms with Crippen LogP contribution in [0.2, 0.25) is 10.0 Å². The van der Waals surface area contributed by atoms with Crippen LogP contribution in [0.4, 0.5) is 0 Å². The van der Waals surface area contributed by atoms with Crippen LogP contribution in [0.1, 0.15) is 57.3 Å². The smallest absolute Gasteiger partial charge is 0.335 e. The SMILES string of the molecule is CCCc1c(C)nn(-c2c(Cl)cccc2Cl)c1COc1ccc(CNCc2ccc(C(=O)O)cc2)c(C)c1. The van der Waals surface area contributed by atoms with Gasteiger partial charge in [-0.1, -0.05) is 60.8 Å². The molecule has 198 valence electrons. The molecule has 6 nitrogen and oxygen atoms in total. The first-order chi connectivity index (χ1) is 18.3. The molecule has 1 heterocycles. The van der Waals surface area contributed by atoms with Crippen molar-refractivity contribution in [2.75, 3.05) is 0 Å². The topological polar surface area (TPSA) is 76.4 Å². The molecular formula is C30H31Cl2N3O3. The third-order valence-corrected chi connectivity index (χ3v) is 7.09. The summed E-state index contributed by atoms with van der Waals surface area (Å²) in [5, 5.41) is 18.3. The molecule has 0 aliphatic heterocycles. The number of carboxylic acid groups (broad SMARTS) is 1. The van der Waals surface area contributed by atoms with Crippen molar-refractivity contribution in [3.05, 3.63) is 110 Å². The van der Waals surface area contributed by atoms with E-state index in [1.54, 1.807) is 12.1 Å². The van der Waals surface area contributed by atoms with Crippen LogP contribution in [0.3, 0.4) is 0 Å². The average molecular weight is 553 g/mol. The fourth-order valence-electron chi connectivity index (χ4n) is 4.42. The van der Waals surface area contributed by atoms with Crippen molar-refractivity contribution < 1.29 is 14.6 Å². The van der Waals surface area contributed by atoms with E-state index in [2.05, 4.69) is 25.2 Å². The molecule has 0 unspecified atom stereocenters. The highest BCUT2D eigenvalue weighted by Gasteiger charge is 2.20. The molecular weight excluding hydrogens is 521 g/mol.